The Bertz CT molecular complexity index is 156. The van der Waals surface area contributed by atoms with E-state index in [0.29, 0.717) is 17.3 Å². The van der Waals surface area contributed by atoms with Gasteiger partial charge in [-0.25, -0.2) is 0 Å². The second-order valence-corrected chi connectivity index (χ2v) is 4.10. The van der Waals surface area contributed by atoms with E-state index in [-0.39, 0.29) is 0 Å². The third kappa shape index (κ3) is 2.53. The lowest BCUT2D eigenvalue weighted by Gasteiger charge is -2.31. The quantitative estimate of drug-likeness (QED) is 0.515. The first-order chi connectivity index (χ1) is 5.77. The zero-order valence-electron chi connectivity index (χ0n) is 7.86. The van der Waals surface area contributed by atoms with Crippen LogP contribution in [0.25, 0.3) is 0 Å². The van der Waals surface area contributed by atoms with Crippen LogP contribution in [0.3, 0.4) is 0 Å². The van der Waals surface area contributed by atoms with Gasteiger partial charge in [0, 0.05) is 12.4 Å². The van der Waals surface area contributed by atoms with Crippen molar-refractivity contribution in [2.24, 2.45) is 5.92 Å². The molecule has 2 heteroatoms. The largest absolute Gasteiger partial charge is 0.380 e. The van der Waals surface area contributed by atoms with Crippen molar-refractivity contribution < 1.29 is 4.74 Å². The van der Waals surface area contributed by atoms with E-state index in [4.69, 9.17) is 4.74 Å². The minimum absolute atomic E-state index is 0.350. The summed E-state index contributed by atoms with van der Waals surface area (Å²) in [4.78, 5) is 0. The first-order valence-electron chi connectivity index (χ1n) is 4.61. The molecule has 70 valence electrons. The molecule has 0 saturated heterocycles. The number of thiol groups is 1. The Morgan fingerprint density at radius 1 is 1.42 bits per heavy atom. The second-order valence-electron chi connectivity index (χ2n) is 3.44. The Balaban J connectivity index is 2.43. The summed E-state index contributed by atoms with van der Waals surface area (Å²) in [5, 5.41) is 0.441. The maximum absolute atomic E-state index is 5.37. The SMILES string of the molecule is C/C=C\[C@@H]1CC[C@H](S)[C@H](OC)C1. The lowest BCUT2D eigenvalue weighted by molar-refractivity contribution is 0.0648. The van der Waals surface area contributed by atoms with Crippen LogP contribution in [0.5, 0.6) is 0 Å². The van der Waals surface area contributed by atoms with Crippen molar-refractivity contribution in [3.63, 3.8) is 0 Å². The third-order valence-electron chi connectivity index (χ3n) is 2.56. The molecule has 1 aliphatic carbocycles. The highest BCUT2D eigenvalue weighted by Gasteiger charge is 2.26. The second kappa shape index (κ2) is 4.93. The van der Waals surface area contributed by atoms with Gasteiger partial charge in [0.05, 0.1) is 6.10 Å². The minimum Gasteiger partial charge on any atom is -0.380 e. The lowest BCUT2D eigenvalue weighted by Crippen LogP contribution is -2.31. The number of hydrogen-bond donors (Lipinski definition) is 1. The molecular formula is C10H18OS. The highest BCUT2D eigenvalue weighted by Crippen LogP contribution is 2.30. The normalized spacial score (nSPS) is 37.4. The Morgan fingerprint density at radius 3 is 2.75 bits per heavy atom. The van der Waals surface area contributed by atoms with Crippen molar-refractivity contribution in [1.82, 2.24) is 0 Å². The van der Waals surface area contributed by atoms with Gasteiger partial charge < -0.3 is 4.74 Å². The topological polar surface area (TPSA) is 9.23 Å². The number of allylic oxidation sites excluding steroid dienone is 2. The molecule has 0 radical (unpaired) electrons. The highest BCUT2D eigenvalue weighted by molar-refractivity contribution is 7.81. The molecule has 3 atom stereocenters. The van der Waals surface area contributed by atoms with E-state index in [2.05, 4.69) is 31.7 Å². The number of ether oxygens (including phenoxy) is 1. The van der Waals surface area contributed by atoms with E-state index in [1.165, 1.54) is 12.8 Å². The van der Waals surface area contributed by atoms with Gasteiger partial charge in [0.15, 0.2) is 0 Å². The fraction of sp³-hybridized carbons (Fsp3) is 0.800. The summed E-state index contributed by atoms with van der Waals surface area (Å²) >= 11 is 4.50. The van der Waals surface area contributed by atoms with Crippen molar-refractivity contribution in [2.45, 2.75) is 37.5 Å². The first-order valence-corrected chi connectivity index (χ1v) is 5.13. The van der Waals surface area contributed by atoms with Gasteiger partial charge in [0.1, 0.15) is 0 Å². The summed E-state index contributed by atoms with van der Waals surface area (Å²) in [5.41, 5.74) is 0. The van der Waals surface area contributed by atoms with Crippen LogP contribution in [0, 0.1) is 5.92 Å². The molecule has 1 rings (SSSR count). The van der Waals surface area contributed by atoms with Gasteiger partial charge >= 0.3 is 0 Å². The van der Waals surface area contributed by atoms with E-state index in [9.17, 15) is 0 Å². The average Bonchev–Trinajstić information content (AvgIpc) is 2.09. The zero-order valence-corrected chi connectivity index (χ0v) is 8.76. The Morgan fingerprint density at radius 2 is 2.17 bits per heavy atom. The predicted molar refractivity (Wildman–Crippen MR) is 55.7 cm³/mol. The van der Waals surface area contributed by atoms with Crippen LogP contribution in [-0.2, 0) is 4.74 Å². The molecule has 0 aliphatic heterocycles. The number of rotatable bonds is 2. The van der Waals surface area contributed by atoms with Gasteiger partial charge in [0.25, 0.3) is 0 Å². The summed E-state index contributed by atoms with van der Waals surface area (Å²) in [5.74, 6) is 0.711. The van der Waals surface area contributed by atoms with E-state index >= 15 is 0 Å². The predicted octanol–water partition coefficient (Wildman–Crippen LogP) is 2.68. The molecule has 1 aliphatic rings. The Labute approximate surface area is 80.6 Å². The fourth-order valence-corrected chi connectivity index (χ4v) is 2.24. The molecule has 0 N–H and O–H groups in total. The zero-order chi connectivity index (χ0) is 8.97. The van der Waals surface area contributed by atoms with Crippen LogP contribution in [0.2, 0.25) is 0 Å². The van der Waals surface area contributed by atoms with Crippen molar-refractivity contribution in [3.05, 3.63) is 12.2 Å². The molecule has 0 spiro atoms. The smallest absolute Gasteiger partial charge is 0.0692 e. The fourth-order valence-electron chi connectivity index (χ4n) is 1.84. The highest BCUT2D eigenvalue weighted by atomic mass is 32.1. The van der Waals surface area contributed by atoms with E-state index in [1.54, 1.807) is 7.11 Å². The lowest BCUT2D eigenvalue weighted by atomic mass is 9.86. The molecule has 0 heterocycles. The molecule has 1 nitrogen and oxygen atoms in total. The van der Waals surface area contributed by atoms with Crippen molar-refractivity contribution in [3.8, 4) is 0 Å². The van der Waals surface area contributed by atoms with Crippen molar-refractivity contribution in [1.29, 1.82) is 0 Å². The molecule has 0 aromatic heterocycles. The van der Waals surface area contributed by atoms with Gasteiger partial charge in [-0.05, 0) is 32.1 Å². The molecule has 0 aromatic rings. The van der Waals surface area contributed by atoms with Crippen LogP contribution in [0.4, 0.5) is 0 Å². The maximum atomic E-state index is 5.37. The van der Waals surface area contributed by atoms with E-state index in [0.717, 1.165) is 6.42 Å². The summed E-state index contributed by atoms with van der Waals surface area (Å²) in [6, 6.07) is 0. The molecule has 0 aromatic carbocycles. The summed E-state index contributed by atoms with van der Waals surface area (Å²) in [6.07, 6.45) is 8.34. The third-order valence-corrected chi connectivity index (χ3v) is 3.16. The van der Waals surface area contributed by atoms with Gasteiger partial charge in [0.2, 0.25) is 0 Å². The van der Waals surface area contributed by atoms with Gasteiger partial charge in [-0.3, -0.25) is 0 Å². The van der Waals surface area contributed by atoms with Crippen LogP contribution in [0.15, 0.2) is 12.2 Å². The van der Waals surface area contributed by atoms with Crippen LogP contribution in [0.1, 0.15) is 26.2 Å². The molecule has 1 fully saturated rings. The van der Waals surface area contributed by atoms with Crippen molar-refractivity contribution >= 4 is 12.6 Å². The van der Waals surface area contributed by atoms with Crippen LogP contribution in [-0.4, -0.2) is 18.5 Å². The van der Waals surface area contributed by atoms with E-state index < -0.39 is 0 Å². The Hall–Kier alpha value is 0.0500. The Kier molecular flexibility index (Phi) is 4.16. The molecule has 1 saturated carbocycles. The molecule has 0 unspecified atom stereocenters. The van der Waals surface area contributed by atoms with Gasteiger partial charge in [-0.15, -0.1) is 0 Å². The molecule has 12 heavy (non-hydrogen) atoms. The van der Waals surface area contributed by atoms with Crippen LogP contribution < -0.4 is 0 Å². The minimum atomic E-state index is 0.350. The summed E-state index contributed by atoms with van der Waals surface area (Å²) < 4.78 is 5.37. The van der Waals surface area contributed by atoms with Crippen LogP contribution >= 0.6 is 12.6 Å². The summed E-state index contributed by atoms with van der Waals surface area (Å²) in [7, 11) is 1.78. The average molecular weight is 186 g/mol. The molecular weight excluding hydrogens is 168 g/mol. The standard InChI is InChI=1S/C10H18OS/c1-3-4-8-5-6-10(12)9(7-8)11-2/h3-4,8-10,12H,5-7H2,1-2H3/b4-3-/t8-,9-,10+/m1/s1. The van der Waals surface area contributed by atoms with Gasteiger partial charge in [-0.1, -0.05) is 12.2 Å². The number of hydrogen-bond acceptors (Lipinski definition) is 2. The first kappa shape index (κ1) is 10.1. The molecule has 0 bridgehead atoms. The summed E-state index contributed by atoms with van der Waals surface area (Å²) in [6.45, 7) is 2.08. The van der Waals surface area contributed by atoms with Gasteiger partial charge in [-0.2, -0.15) is 12.6 Å². The molecule has 0 amide bonds. The van der Waals surface area contributed by atoms with Crippen molar-refractivity contribution in [2.75, 3.05) is 7.11 Å². The monoisotopic (exact) mass is 186 g/mol. The maximum Gasteiger partial charge on any atom is 0.0692 e. The van der Waals surface area contributed by atoms with E-state index in [1.807, 2.05) is 0 Å². The number of methoxy groups -OCH3 is 1.